The molecule has 1 fully saturated rings. The number of allylic oxidation sites excluding steroid dienone is 1. The van der Waals surface area contributed by atoms with Crippen molar-refractivity contribution in [2.75, 3.05) is 13.7 Å². The molecule has 2 heterocycles. The van der Waals surface area contributed by atoms with Gasteiger partial charge in [-0.1, -0.05) is 43.3 Å². The number of ether oxygens (including phenoxy) is 2. The van der Waals surface area contributed by atoms with Gasteiger partial charge in [0.2, 0.25) is 0 Å². The molecular weight excluding hydrogens is 254 g/mol. The van der Waals surface area contributed by atoms with Crippen molar-refractivity contribution in [1.29, 1.82) is 0 Å². The van der Waals surface area contributed by atoms with Crippen LogP contribution in [0.4, 0.5) is 4.79 Å². The zero-order valence-corrected chi connectivity index (χ0v) is 11.8. The number of amides is 1. The Morgan fingerprint density at radius 3 is 2.80 bits per heavy atom. The summed E-state index contributed by atoms with van der Waals surface area (Å²) in [4.78, 5) is 13.8. The molecule has 2 aliphatic rings. The Balaban J connectivity index is 2.03. The van der Waals surface area contributed by atoms with Gasteiger partial charge in [0.1, 0.15) is 0 Å². The lowest BCUT2D eigenvalue weighted by molar-refractivity contribution is -0.154. The van der Waals surface area contributed by atoms with Gasteiger partial charge in [-0.25, -0.2) is 4.79 Å². The quantitative estimate of drug-likeness (QED) is 0.848. The van der Waals surface area contributed by atoms with Crippen LogP contribution in [-0.2, 0) is 9.47 Å². The fraction of sp³-hybridized carbons (Fsp3) is 0.438. The van der Waals surface area contributed by atoms with Gasteiger partial charge in [0.25, 0.3) is 5.79 Å². The van der Waals surface area contributed by atoms with Crippen molar-refractivity contribution < 1.29 is 14.3 Å². The summed E-state index contributed by atoms with van der Waals surface area (Å²) in [5, 5.41) is 0. The molecule has 1 aromatic carbocycles. The van der Waals surface area contributed by atoms with Crippen LogP contribution in [0.1, 0.15) is 31.2 Å². The molecule has 1 aromatic rings. The number of cyclic esters (lactones) is 1. The molecule has 0 aromatic heterocycles. The number of carbonyl (C=O) groups is 1. The molecule has 4 nitrogen and oxygen atoms in total. The molecule has 0 radical (unpaired) electrons. The Labute approximate surface area is 119 Å². The summed E-state index contributed by atoms with van der Waals surface area (Å²) in [6.45, 7) is 2.74. The van der Waals surface area contributed by atoms with Crippen LogP contribution in [0.5, 0.6) is 0 Å². The average Bonchev–Trinajstić information content (AvgIpc) is 2.81. The van der Waals surface area contributed by atoms with E-state index in [2.05, 4.69) is 6.08 Å². The van der Waals surface area contributed by atoms with Crippen LogP contribution in [0, 0.1) is 0 Å². The summed E-state index contributed by atoms with van der Waals surface area (Å²) in [5.41, 5.74) is 1.95. The Morgan fingerprint density at radius 2 is 2.10 bits per heavy atom. The predicted octanol–water partition coefficient (Wildman–Crippen LogP) is 3.26. The van der Waals surface area contributed by atoms with E-state index in [0.29, 0.717) is 6.54 Å². The van der Waals surface area contributed by atoms with Crippen molar-refractivity contribution in [1.82, 2.24) is 4.90 Å². The van der Waals surface area contributed by atoms with Crippen molar-refractivity contribution >= 4 is 6.09 Å². The zero-order valence-electron chi connectivity index (χ0n) is 11.8. The molecule has 2 unspecified atom stereocenters. The van der Waals surface area contributed by atoms with Crippen LogP contribution >= 0.6 is 0 Å². The third-order valence-corrected chi connectivity index (χ3v) is 4.20. The van der Waals surface area contributed by atoms with Crippen molar-refractivity contribution in [3.05, 3.63) is 47.7 Å². The Bertz CT molecular complexity index is 540. The molecule has 0 spiro atoms. The largest absolute Gasteiger partial charge is 0.417 e. The van der Waals surface area contributed by atoms with Crippen LogP contribution in [0.2, 0.25) is 0 Å². The van der Waals surface area contributed by atoms with Gasteiger partial charge >= 0.3 is 6.09 Å². The highest BCUT2D eigenvalue weighted by Gasteiger charge is 2.55. The molecule has 2 atom stereocenters. The Kier molecular flexibility index (Phi) is 3.26. The maximum Gasteiger partial charge on any atom is 0.417 e. The lowest BCUT2D eigenvalue weighted by Gasteiger charge is -2.34. The van der Waals surface area contributed by atoms with Gasteiger partial charge in [-0.2, -0.15) is 0 Å². The number of hydrogen-bond donors (Lipinski definition) is 0. The maximum atomic E-state index is 12.1. The monoisotopic (exact) mass is 273 g/mol. The van der Waals surface area contributed by atoms with E-state index in [1.807, 2.05) is 37.3 Å². The van der Waals surface area contributed by atoms with Crippen LogP contribution in [0.15, 0.2) is 42.1 Å². The van der Waals surface area contributed by atoms with Gasteiger partial charge in [-0.3, -0.25) is 4.90 Å². The highest BCUT2D eigenvalue weighted by Crippen LogP contribution is 2.45. The van der Waals surface area contributed by atoms with E-state index >= 15 is 0 Å². The Morgan fingerprint density at radius 1 is 1.35 bits per heavy atom. The van der Waals surface area contributed by atoms with Crippen molar-refractivity contribution in [2.45, 2.75) is 31.5 Å². The number of methoxy groups -OCH3 is 1. The molecule has 3 rings (SSSR count). The first-order valence-electron chi connectivity index (χ1n) is 7.00. The number of carbonyl (C=O) groups excluding carboxylic acids is 1. The smallest absolute Gasteiger partial charge is 0.410 e. The molecule has 0 N–H and O–H groups in total. The first kappa shape index (κ1) is 13.2. The number of nitrogens with zero attached hydrogens (tertiary/aromatic N) is 1. The maximum absolute atomic E-state index is 12.1. The van der Waals surface area contributed by atoms with Gasteiger partial charge in [-0.05, 0) is 18.4 Å². The molecule has 1 amide bonds. The fourth-order valence-electron chi connectivity index (χ4n) is 3.07. The minimum absolute atomic E-state index is 0.0630. The van der Waals surface area contributed by atoms with Crippen LogP contribution in [0.3, 0.4) is 0 Å². The second kappa shape index (κ2) is 4.94. The van der Waals surface area contributed by atoms with Gasteiger partial charge < -0.3 is 9.47 Å². The highest BCUT2D eigenvalue weighted by atomic mass is 16.7. The average molecular weight is 273 g/mol. The standard InChI is InChI=1S/C16H19NO3/c1-12(13-8-4-3-5-9-13)16(19-2)14-10-6-7-11-17(14)15(18)20-16/h3-5,8-10,12H,6-7,11H2,1-2H3. The molecule has 0 bridgehead atoms. The number of hydrogen-bond acceptors (Lipinski definition) is 3. The summed E-state index contributed by atoms with van der Waals surface area (Å²) < 4.78 is 11.4. The molecule has 20 heavy (non-hydrogen) atoms. The summed E-state index contributed by atoms with van der Waals surface area (Å²) in [6, 6.07) is 10.0. The third-order valence-electron chi connectivity index (χ3n) is 4.20. The van der Waals surface area contributed by atoms with E-state index in [1.54, 1.807) is 12.0 Å². The van der Waals surface area contributed by atoms with Crippen LogP contribution < -0.4 is 0 Å². The molecule has 0 saturated carbocycles. The summed E-state index contributed by atoms with van der Waals surface area (Å²) in [5.74, 6) is -1.06. The molecule has 0 aliphatic carbocycles. The van der Waals surface area contributed by atoms with Gasteiger partial charge in [0.05, 0.1) is 11.6 Å². The van der Waals surface area contributed by atoms with Gasteiger partial charge in [-0.15, -0.1) is 0 Å². The second-order valence-electron chi connectivity index (χ2n) is 5.26. The molecular formula is C16H19NO3. The lowest BCUT2D eigenvalue weighted by atomic mass is 9.88. The van der Waals surface area contributed by atoms with E-state index < -0.39 is 5.79 Å². The fourth-order valence-corrected chi connectivity index (χ4v) is 3.07. The second-order valence-corrected chi connectivity index (χ2v) is 5.26. The van der Waals surface area contributed by atoms with Crippen LogP contribution in [0.25, 0.3) is 0 Å². The van der Waals surface area contributed by atoms with Crippen molar-refractivity contribution in [3.8, 4) is 0 Å². The Hall–Kier alpha value is -1.81. The minimum Gasteiger partial charge on any atom is -0.410 e. The van der Waals surface area contributed by atoms with Crippen molar-refractivity contribution in [3.63, 3.8) is 0 Å². The van der Waals surface area contributed by atoms with Crippen LogP contribution in [-0.4, -0.2) is 30.4 Å². The third kappa shape index (κ3) is 1.83. The normalized spacial score (nSPS) is 26.8. The number of fused-ring (bicyclic) bond motifs is 1. The van der Waals surface area contributed by atoms with Gasteiger partial charge in [0, 0.05) is 13.7 Å². The number of rotatable bonds is 3. The van der Waals surface area contributed by atoms with E-state index in [-0.39, 0.29) is 12.0 Å². The minimum atomic E-state index is -1.00. The van der Waals surface area contributed by atoms with Gasteiger partial charge in [0.15, 0.2) is 0 Å². The topological polar surface area (TPSA) is 38.8 Å². The zero-order chi connectivity index (χ0) is 14.2. The summed E-state index contributed by atoms with van der Waals surface area (Å²) >= 11 is 0. The summed E-state index contributed by atoms with van der Waals surface area (Å²) in [6.07, 6.45) is 3.69. The first-order valence-corrected chi connectivity index (χ1v) is 7.00. The van der Waals surface area contributed by atoms with E-state index in [1.165, 1.54) is 0 Å². The molecule has 2 aliphatic heterocycles. The highest BCUT2D eigenvalue weighted by molar-refractivity contribution is 5.75. The predicted molar refractivity (Wildman–Crippen MR) is 75.1 cm³/mol. The SMILES string of the molecule is COC1(C(C)c2ccccc2)OC(=O)N2CCCC=C21. The molecule has 4 heteroatoms. The molecule has 106 valence electrons. The first-order chi connectivity index (χ1) is 9.69. The number of benzene rings is 1. The van der Waals surface area contributed by atoms with E-state index in [0.717, 1.165) is 24.1 Å². The van der Waals surface area contributed by atoms with E-state index in [4.69, 9.17) is 9.47 Å². The van der Waals surface area contributed by atoms with Crippen molar-refractivity contribution in [2.24, 2.45) is 0 Å². The van der Waals surface area contributed by atoms with E-state index in [9.17, 15) is 4.79 Å². The lowest BCUT2D eigenvalue weighted by Crippen LogP contribution is -2.40. The molecule has 1 saturated heterocycles. The summed E-state index contributed by atoms with van der Waals surface area (Å²) in [7, 11) is 1.60.